The van der Waals surface area contributed by atoms with Crippen molar-refractivity contribution in [3.8, 4) is 5.75 Å². The number of hydrogen-bond acceptors (Lipinski definition) is 5. The Balaban J connectivity index is 3.15. The minimum Gasteiger partial charge on any atom is -0.491 e. The van der Waals surface area contributed by atoms with Crippen LogP contribution in [0, 0.1) is 0 Å². The van der Waals surface area contributed by atoms with E-state index in [9.17, 15) is 84.5 Å². The topological polar surface area (TPSA) is 65.0 Å². The average molecular weight is 881 g/mol. The van der Waals surface area contributed by atoms with Gasteiger partial charge in [0.2, 0.25) is 0 Å². The lowest BCUT2D eigenvalue weighted by Crippen LogP contribution is -2.74. The zero-order valence-electron chi connectivity index (χ0n) is 31.0. The maximum Gasteiger partial charge on any atom is 0.460 e. The smallest absolute Gasteiger partial charge is 0.460 e. The fourth-order valence-electron chi connectivity index (χ4n) is 5.47. The van der Waals surface area contributed by atoms with Gasteiger partial charge in [-0.05, 0) is 60.7 Å². The number of hydrogen-bond donors (Lipinski definition) is 1. The van der Waals surface area contributed by atoms with Gasteiger partial charge in [-0.3, -0.25) is 0 Å². The molecule has 0 aliphatic heterocycles. The highest BCUT2D eigenvalue weighted by Crippen LogP contribution is 2.64. The molecule has 0 amide bonds. The van der Waals surface area contributed by atoms with Gasteiger partial charge in [0, 0.05) is 12.5 Å². The number of esters is 1. The standard InChI is InChI=1S/C34H41F17O5Si/c1-7-54-26(53)19-22(6)9-8-10-25(52)23-11-13-24(14-12-23)55-16-17-56-57(20(2)3,21(4)5)18-15-27(35,36)28(37,38)29(39,40)30(41,42)31(43,44)32(45,46)33(47,48)34(49,50)51/h8-9,11-14,19-21,25,52H,7,10,15-18H2,1-6H3/b9-8+,22-19+/t25-/m1/s1. The van der Waals surface area contributed by atoms with Crippen LogP contribution in [0.2, 0.25) is 17.1 Å². The van der Waals surface area contributed by atoms with Crippen molar-refractivity contribution < 1.29 is 98.4 Å². The van der Waals surface area contributed by atoms with Crippen LogP contribution in [0.25, 0.3) is 0 Å². The summed E-state index contributed by atoms with van der Waals surface area (Å²) in [7, 11) is -3.94. The van der Waals surface area contributed by atoms with Crippen LogP contribution < -0.4 is 4.74 Å². The van der Waals surface area contributed by atoms with E-state index in [2.05, 4.69) is 0 Å². The van der Waals surface area contributed by atoms with Gasteiger partial charge in [-0.2, -0.15) is 74.6 Å². The van der Waals surface area contributed by atoms with E-state index in [0.717, 1.165) is 0 Å². The number of ether oxygens (including phenoxy) is 2. The molecule has 1 aromatic carbocycles. The van der Waals surface area contributed by atoms with Crippen LogP contribution in [-0.2, 0) is 14.0 Å². The van der Waals surface area contributed by atoms with Gasteiger partial charge in [0.25, 0.3) is 0 Å². The minimum absolute atomic E-state index is 0.132. The molecule has 1 atom stereocenters. The lowest BCUT2D eigenvalue weighted by molar-refractivity contribution is -0.461. The van der Waals surface area contributed by atoms with Gasteiger partial charge in [0.05, 0.1) is 19.3 Å². The molecular weight excluding hydrogens is 839 g/mol. The lowest BCUT2D eigenvalue weighted by Gasteiger charge is -2.44. The first-order chi connectivity index (χ1) is 25.6. The van der Waals surface area contributed by atoms with Gasteiger partial charge >= 0.3 is 53.6 Å². The first-order valence-electron chi connectivity index (χ1n) is 16.8. The molecule has 23 heteroatoms. The average Bonchev–Trinajstić information content (AvgIpc) is 3.06. The summed E-state index contributed by atoms with van der Waals surface area (Å²) in [5.41, 5.74) is -0.716. The highest BCUT2D eigenvalue weighted by molar-refractivity contribution is 6.76. The van der Waals surface area contributed by atoms with E-state index < -0.39 is 98.2 Å². The SMILES string of the molecule is CCOC(=O)/C=C(C)/C=C/C[C@@H](O)c1ccc(OCCO[Si](CCC(F)(F)C(F)(F)C(F)(F)C(F)(F)C(F)(F)C(F)(F)C(F)(F)C(F)(F)F)(C(C)C)C(C)C)cc1. The second kappa shape index (κ2) is 18.5. The summed E-state index contributed by atoms with van der Waals surface area (Å²) in [4.78, 5) is 11.5. The second-order valence-corrected chi connectivity index (χ2v) is 18.5. The van der Waals surface area contributed by atoms with Crippen LogP contribution in [0.5, 0.6) is 5.75 Å². The molecule has 57 heavy (non-hydrogen) atoms. The molecule has 0 bridgehead atoms. The van der Waals surface area contributed by atoms with Gasteiger partial charge in [0.15, 0.2) is 8.32 Å². The summed E-state index contributed by atoms with van der Waals surface area (Å²) >= 11 is 0. The van der Waals surface area contributed by atoms with Crippen molar-refractivity contribution in [2.75, 3.05) is 19.8 Å². The number of halogens is 17. The Morgan fingerprint density at radius 2 is 1.18 bits per heavy atom. The van der Waals surface area contributed by atoms with Crippen LogP contribution in [0.3, 0.4) is 0 Å². The fourth-order valence-corrected chi connectivity index (χ4v) is 9.94. The molecule has 1 aromatic rings. The Hall–Kier alpha value is -3.08. The van der Waals surface area contributed by atoms with Gasteiger partial charge in [-0.25, -0.2) is 4.79 Å². The Labute approximate surface area is 317 Å². The zero-order chi connectivity index (χ0) is 44.9. The van der Waals surface area contributed by atoms with E-state index in [1.54, 1.807) is 26.0 Å². The molecule has 1 rings (SSSR count). The Morgan fingerprint density at radius 3 is 1.61 bits per heavy atom. The third-order valence-electron chi connectivity index (χ3n) is 8.93. The van der Waals surface area contributed by atoms with Gasteiger partial charge < -0.3 is 19.0 Å². The Bertz CT molecular complexity index is 1520. The van der Waals surface area contributed by atoms with Crippen molar-refractivity contribution in [2.24, 2.45) is 0 Å². The molecule has 0 radical (unpaired) electrons. The quantitative estimate of drug-likeness (QED) is 0.0314. The van der Waals surface area contributed by atoms with Crippen molar-refractivity contribution in [3.63, 3.8) is 0 Å². The largest absolute Gasteiger partial charge is 0.491 e. The highest BCUT2D eigenvalue weighted by atomic mass is 28.4. The number of allylic oxidation sites excluding steroid dienone is 2. The second-order valence-electron chi connectivity index (χ2n) is 13.5. The van der Waals surface area contributed by atoms with E-state index in [-0.39, 0.29) is 25.4 Å². The summed E-state index contributed by atoms with van der Waals surface area (Å²) < 4.78 is 250. The van der Waals surface area contributed by atoms with Crippen LogP contribution in [0.4, 0.5) is 74.6 Å². The number of aliphatic hydroxyl groups excluding tert-OH is 1. The van der Waals surface area contributed by atoms with Crippen molar-refractivity contribution in [1.82, 2.24) is 0 Å². The molecule has 0 heterocycles. The first-order valence-corrected chi connectivity index (χ1v) is 19.1. The fraction of sp³-hybridized carbons (Fsp3) is 0.676. The lowest BCUT2D eigenvalue weighted by atomic mass is 9.88. The predicted octanol–water partition coefficient (Wildman–Crippen LogP) is 11.7. The van der Waals surface area contributed by atoms with Crippen molar-refractivity contribution in [2.45, 2.75) is 125 Å². The summed E-state index contributed by atoms with van der Waals surface area (Å²) in [6.07, 6.45) is -6.79. The van der Waals surface area contributed by atoms with Crippen LogP contribution in [0.15, 0.2) is 48.1 Å². The maximum atomic E-state index is 14.8. The van der Waals surface area contributed by atoms with Crippen LogP contribution in [-0.4, -0.2) is 86.8 Å². The van der Waals surface area contributed by atoms with Gasteiger partial charge in [-0.15, -0.1) is 0 Å². The predicted molar refractivity (Wildman–Crippen MR) is 173 cm³/mol. The minimum atomic E-state index is -8.68. The summed E-state index contributed by atoms with van der Waals surface area (Å²) in [6, 6.07) is 4.46. The van der Waals surface area contributed by atoms with E-state index in [0.29, 0.717) is 11.1 Å². The van der Waals surface area contributed by atoms with Crippen LogP contribution >= 0.6 is 0 Å². The molecule has 0 aliphatic carbocycles. The third kappa shape index (κ3) is 10.6. The zero-order valence-corrected chi connectivity index (χ0v) is 32.0. The molecule has 0 saturated heterocycles. The molecule has 0 spiro atoms. The number of benzene rings is 1. The Morgan fingerprint density at radius 1 is 0.719 bits per heavy atom. The molecule has 1 N–H and O–H groups in total. The molecule has 0 fully saturated rings. The maximum absolute atomic E-state index is 14.8. The van der Waals surface area contributed by atoms with Crippen molar-refractivity contribution in [3.05, 3.63) is 53.6 Å². The summed E-state index contributed by atoms with van der Waals surface area (Å²) in [6.45, 7) is 7.91. The van der Waals surface area contributed by atoms with E-state index >= 15 is 0 Å². The third-order valence-corrected chi connectivity index (χ3v) is 14.6. The molecule has 330 valence electrons. The number of carbonyl (C=O) groups is 1. The first kappa shape index (κ1) is 51.9. The molecule has 0 aliphatic rings. The number of rotatable bonds is 22. The molecule has 0 unspecified atom stereocenters. The van der Waals surface area contributed by atoms with E-state index in [1.807, 2.05) is 0 Å². The van der Waals surface area contributed by atoms with Gasteiger partial charge in [-0.1, -0.05) is 52.0 Å². The van der Waals surface area contributed by atoms with Crippen molar-refractivity contribution >= 4 is 14.3 Å². The molecule has 5 nitrogen and oxygen atoms in total. The summed E-state index contributed by atoms with van der Waals surface area (Å²) in [5, 5.41) is 10.4. The van der Waals surface area contributed by atoms with E-state index in [4.69, 9.17) is 13.9 Å². The number of carbonyl (C=O) groups excluding carboxylic acids is 1. The number of alkyl halides is 17. The van der Waals surface area contributed by atoms with E-state index in [1.165, 1.54) is 58.0 Å². The summed E-state index contributed by atoms with van der Waals surface area (Å²) in [5.74, 6) is -57.0. The van der Waals surface area contributed by atoms with Gasteiger partial charge in [0.1, 0.15) is 12.4 Å². The molecule has 0 aromatic heterocycles. The highest BCUT2D eigenvalue weighted by Gasteiger charge is 2.95. The van der Waals surface area contributed by atoms with Crippen LogP contribution in [0.1, 0.15) is 66.1 Å². The Kier molecular flexibility index (Phi) is 16.8. The number of aliphatic hydroxyl groups is 1. The molecular formula is C34H41F17O5Si. The normalized spacial score (nSPS) is 15.5. The molecule has 0 saturated carbocycles. The monoisotopic (exact) mass is 880 g/mol. The van der Waals surface area contributed by atoms with Crippen molar-refractivity contribution in [1.29, 1.82) is 0 Å².